The van der Waals surface area contributed by atoms with Gasteiger partial charge in [0.05, 0.1) is 10.7 Å². The van der Waals surface area contributed by atoms with Crippen LogP contribution in [0.2, 0.25) is 5.02 Å². The fraction of sp³-hybridized carbons (Fsp3) is 0.133. The van der Waals surface area contributed by atoms with Crippen LogP contribution in [0.1, 0.15) is 21.5 Å². The highest BCUT2D eigenvalue weighted by molar-refractivity contribution is 7.92. The van der Waals surface area contributed by atoms with Crippen LogP contribution in [0, 0.1) is 13.8 Å². The van der Waals surface area contributed by atoms with Crippen molar-refractivity contribution in [2.24, 2.45) is 5.73 Å². The predicted molar refractivity (Wildman–Crippen MR) is 86.7 cm³/mol. The normalized spacial score (nSPS) is 11.2. The third kappa shape index (κ3) is 3.40. The van der Waals surface area contributed by atoms with Crippen LogP contribution in [0.4, 0.5) is 5.69 Å². The number of amides is 1. The number of aryl methyl sites for hydroxylation is 2. The van der Waals surface area contributed by atoms with Crippen molar-refractivity contribution in [2.75, 3.05) is 4.72 Å². The fourth-order valence-corrected chi connectivity index (χ4v) is 3.65. The Bertz CT molecular complexity index is 848. The van der Waals surface area contributed by atoms with Gasteiger partial charge in [-0.3, -0.25) is 9.52 Å². The molecule has 0 aliphatic rings. The number of hydrogen-bond acceptors (Lipinski definition) is 3. The lowest BCUT2D eigenvalue weighted by Crippen LogP contribution is -2.17. The molecule has 22 heavy (non-hydrogen) atoms. The summed E-state index contributed by atoms with van der Waals surface area (Å²) in [7, 11) is -3.93. The third-order valence-corrected chi connectivity index (χ3v) is 4.98. The Labute approximate surface area is 134 Å². The summed E-state index contributed by atoms with van der Waals surface area (Å²) >= 11 is 5.95. The van der Waals surface area contributed by atoms with Crippen LogP contribution in [0.15, 0.2) is 41.3 Å². The molecule has 2 aromatic rings. The summed E-state index contributed by atoms with van der Waals surface area (Å²) in [5.41, 5.74) is 7.50. The first-order valence-corrected chi connectivity index (χ1v) is 8.26. The summed E-state index contributed by atoms with van der Waals surface area (Å²) in [5, 5.41) is 0.0160. The van der Waals surface area contributed by atoms with Crippen molar-refractivity contribution in [3.05, 3.63) is 58.1 Å². The number of primary amides is 1. The Morgan fingerprint density at radius 1 is 1.14 bits per heavy atom. The lowest BCUT2D eigenvalue weighted by molar-refractivity contribution is 0.1000. The predicted octanol–water partition coefficient (Wildman–Crippen LogP) is 2.86. The Balaban J connectivity index is 2.46. The number of benzene rings is 2. The van der Waals surface area contributed by atoms with Crippen LogP contribution >= 0.6 is 11.6 Å². The molecule has 2 aromatic carbocycles. The van der Waals surface area contributed by atoms with Crippen molar-refractivity contribution in [2.45, 2.75) is 18.7 Å². The zero-order valence-electron chi connectivity index (χ0n) is 12.1. The van der Waals surface area contributed by atoms with Crippen molar-refractivity contribution in [3.8, 4) is 0 Å². The van der Waals surface area contributed by atoms with E-state index in [9.17, 15) is 13.2 Å². The molecule has 0 bridgehead atoms. The number of nitrogens with two attached hydrogens (primary N) is 1. The minimum Gasteiger partial charge on any atom is -0.366 e. The molecule has 116 valence electrons. The van der Waals surface area contributed by atoms with Gasteiger partial charge in [-0.05, 0) is 43.7 Å². The van der Waals surface area contributed by atoms with E-state index in [4.69, 9.17) is 17.3 Å². The smallest absolute Gasteiger partial charge is 0.263 e. The molecule has 0 unspecified atom stereocenters. The number of anilines is 1. The summed E-state index contributed by atoms with van der Waals surface area (Å²) in [6, 6.07) is 9.20. The molecule has 0 radical (unpaired) electrons. The summed E-state index contributed by atoms with van der Waals surface area (Å²) in [5.74, 6) is -0.723. The largest absolute Gasteiger partial charge is 0.366 e. The second-order valence-corrected chi connectivity index (χ2v) is 6.99. The van der Waals surface area contributed by atoms with E-state index >= 15 is 0 Å². The van der Waals surface area contributed by atoms with Gasteiger partial charge in [-0.2, -0.15) is 0 Å². The Hall–Kier alpha value is -2.05. The van der Waals surface area contributed by atoms with E-state index in [0.29, 0.717) is 5.69 Å². The molecule has 0 saturated carbocycles. The molecule has 1 amide bonds. The van der Waals surface area contributed by atoms with Crippen molar-refractivity contribution in [1.82, 2.24) is 0 Å². The number of carbonyl (C=O) groups excluding carboxylic acids is 1. The quantitative estimate of drug-likeness (QED) is 0.898. The van der Waals surface area contributed by atoms with E-state index in [1.807, 2.05) is 13.0 Å². The zero-order chi connectivity index (χ0) is 16.5. The van der Waals surface area contributed by atoms with Gasteiger partial charge >= 0.3 is 0 Å². The van der Waals surface area contributed by atoms with Gasteiger partial charge in [-0.15, -0.1) is 0 Å². The highest BCUT2D eigenvalue weighted by atomic mass is 35.5. The maximum Gasteiger partial charge on any atom is 0.263 e. The minimum atomic E-state index is -3.93. The van der Waals surface area contributed by atoms with E-state index in [-0.39, 0.29) is 15.5 Å². The fourth-order valence-electron chi connectivity index (χ4n) is 1.99. The standard InChI is InChI=1S/C15H15ClN2O3S/c1-9-3-6-13(10(2)7-9)18-22(20,21)14-8-11(15(17)19)4-5-12(14)16/h3-8,18H,1-2H3,(H2,17,19). The molecule has 0 spiro atoms. The molecule has 5 nitrogen and oxygen atoms in total. The summed E-state index contributed by atoms with van der Waals surface area (Å²) in [6.45, 7) is 3.71. The first-order chi connectivity index (χ1) is 10.2. The first-order valence-electron chi connectivity index (χ1n) is 6.40. The van der Waals surface area contributed by atoms with Crippen molar-refractivity contribution < 1.29 is 13.2 Å². The van der Waals surface area contributed by atoms with E-state index in [1.54, 1.807) is 19.1 Å². The first kappa shape index (κ1) is 16.3. The van der Waals surface area contributed by atoms with E-state index in [0.717, 1.165) is 17.2 Å². The van der Waals surface area contributed by atoms with Gasteiger partial charge in [-0.1, -0.05) is 29.3 Å². The maximum atomic E-state index is 12.5. The molecule has 0 heterocycles. The van der Waals surface area contributed by atoms with Crippen LogP contribution in [-0.2, 0) is 10.0 Å². The minimum absolute atomic E-state index is 0.0160. The second-order valence-electron chi connectivity index (χ2n) is 4.93. The van der Waals surface area contributed by atoms with Crippen LogP contribution in [0.5, 0.6) is 0 Å². The molecule has 2 rings (SSSR count). The Kier molecular flexibility index (Phi) is 4.44. The van der Waals surface area contributed by atoms with Gasteiger partial charge < -0.3 is 5.73 Å². The average Bonchev–Trinajstić information content (AvgIpc) is 2.42. The summed E-state index contributed by atoms with van der Waals surface area (Å²) < 4.78 is 27.4. The Morgan fingerprint density at radius 3 is 2.41 bits per heavy atom. The van der Waals surface area contributed by atoms with Crippen molar-refractivity contribution >= 4 is 33.2 Å². The summed E-state index contributed by atoms with van der Waals surface area (Å²) in [4.78, 5) is 11.0. The number of rotatable bonds is 4. The van der Waals surface area contributed by atoms with Crippen LogP contribution < -0.4 is 10.5 Å². The molecular formula is C15H15ClN2O3S. The lowest BCUT2D eigenvalue weighted by Gasteiger charge is -2.12. The van der Waals surface area contributed by atoms with E-state index in [1.165, 1.54) is 12.1 Å². The highest BCUT2D eigenvalue weighted by Crippen LogP contribution is 2.26. The molecule has 0 aliphatic carbocycles. The van der Waals surface area contributed by atoms with E-state index < -0.39 is 15.9 Å². The SMILES string of the molecule is Cc1ccc(NS(=O)(=O)c2cc(C(N)=O)ccc2Cl)c(C)c1. The molecule has 0 aliphatic heterocycles. The number of nitrogens with one attached hydrogen (secondary N) is 1. The third-order valence-electron chi connectivity index (χ3n) is 3.13. The number of sulfonamides is 1. The van der Waals surface area contributed by atoms with Gasteiger partial charge in [0.1, 0.15) is 4.90 Å². The number of carbonyl (C=O) groups is 1. The highest BCUT2D eigenvalue weighted by Gasteiger charge is 2.20. The molecule has 0 fully saturated rings. The summed E-state index contributed by atoms with van der Waals surface area (Å²) in [6.07, 6.45) is 0. The van der Waals surface area contributed by atoms with Crippen molar-refractivity contribution in [1.29, 1.82) is 0 Å². The van der Waals surface area contributed by atoms with Gasteiger partial charge in [-0.25, -0.2) is 8.42 Å². The lowest BCUT2D eigenvalue weighted by atomic mass is 10.1. The monoisotopic (exact) mass is 338 g/mol. The van der Waals surface area contributed by atoms with Gasteiger partial charge in [0, 0.05) is 5.56 Å². The zero-order valence-corrected chi connectivity index (χ0v) is 13.6. The topological polar surface area (TPSA) is 89.3 Å². The molecule has 0 saturated heterocycles. The molecule has 0 atom stereocenters. The van der Waals surface area contributed by atoms with Crippen LogP contribution in [-0.4, -0.2) is 14.3 Å². The van der Waals surface area contributed by atoms with Gasteiger partial charge in [0.25, 0.3) is 10.0 Å². The Morgan fingerprint density at radius 2 is 1.82 bits per heavy atom. The maximum absolute atomic E-state index is 12.5. The molecule has 0 aromatic heterocycles. The van der Waals surface area contributed by atoms with Crippen LogP contribution in [0.3, 0.4) is 0 Å². The second kappa shape index (κ2) is 5.98. The molecule has 3 N–H and O–H groups in total. The molecular weight excluding hydrogens is 324 g/mol. The van der Waals surface area contributed by atoms with Crippen molar-refractivity contribution in [3.63, 3.8) is 0 Å². The number of hydrogen-bond donors (Lipinski definition) is 2. The number of halogens is 1. The van der Waals surface area contributed by atoms with Gasteiger partial charge in [0.15, 0.2) is 0 Å². The molecule has 7 heteroatoms. The van der Waals surface area contributed by atoms with Gasteiger partial charge in [0.2, 0.25) is 5.91 Å². The average molecular weight is 339 g/mol. The van der Waals surface area contributed by atoms with E-state index in [2.05, 4.69) is 4.72 Å². The van der Waals surface area contributed by atoms with Crippen LogP contribution in [0.25, 0.3) is 0 Å².